The molecular formula is C16H18ClF2NO5. The zero-order valence-corrected chi connectivity index (χ0v) is 14.3. The van der Waals surface area contributed by atoms with E-state index in [-0.39, 0.29) is 29.5 Å². The Morgan fingerprint density at radius 1 is 1.44 bits per heavy atom. The standard InChI is InChI=1S/C16H18ClF2NO5/c1-24-9-16(14(22)23)5-2-6-20(8-16)13(21)11-7-10(17)3-4-12(11)25-15(18)19/h3-4,7,15H,2,5-6,8-9H2,1H3,(H,22,23). The number of hydrogen-bond acceptors (Lipinski definition) is 4. The van der Waals surface area contributed by atoms with Crippen molar-refractivity contribution in [1.29, 1.82) is 0 Å². The maximum Gasteiger partial charge on any atom is 0.387 e. The molecule has 0 spiro atoms. The van der Waals surface area contributed by atoms with Crippen LogP contribution in [0.4, 0.5) is 8.78 Å². The molecule has 1 fully saturated rings. The molecule has 1 saturated heterocycles. The molecule has 1 N–H and O–H groups in total. The highest BCUT2D eigenvalue weighted by Crippen LogP contribution is 2.33. The van der Waals surface area contributed by atoms with Crippen molar-refractivity contribution in [2.24, 2.45) is 5.41 Å². The molecule has 0 bridgehead atoms. The number of carbonyl (C=O) groups excluding carboxylic acids is 1. The molecule has 138 valence electrons. The Bertz CT molecular complexity index is 653. The van der Waals surface area contributed by atoms with Crippen LogP contribution >= 0.6 is 11.6 Å². The van der Waals surface area contributed by atoms with Gasteiger partial charge in [0.15, 0.2) is 0 Å². The normalized spacial score (nSPS) is 20.6. The number of alkyl halides is 2. The number of nitrogens with zero attached hydrogens (tertiary/aromatic N) is 1. The molecule has 1 heterocycles. The molecule has 1 aromatic carbocycles. The van der Waals surface area contributed by atoms with Crippen LogP contribution in [0.2, 0.25) is 5.02 Å². The smallest absolute Gasteiger partial charge is 0.387 e. The molecule has 1 aromatic rings. The van der Waals surface area contributed by atoms with Crippen molar-refractivity contribution in [3.05, 3.63) is 28.8 Å². The van der Waals surface area contributed by atoms with Gasteiger partial charge in [0.05, 0.1) is 12.2 Å². The van der Waals surface area contributed by atoms with Gasteiger partial charge in [-0.3, -0.25) is 9.59 Å². The number of aliphatic carboxylic acids is 1. The molecule has 0 aliphatic carbocycles. The molecule has 2 rings (SSSR count). The number of likely N-dealkylation sites (tertiary alicyclic amines) is 1. The summed E-state index contributed by atoms with van der Waals surface area (Å²) in [6.45, 7) is -2.93. The molecule has 0 aromatic heterocycles. The number of carboxylic acid groups (broad SMARTS) is 1. The Hall–Kier alpha value is -1.93. The van der Waals surface area contributed by atoms with Crippen LogP contribution in [-0.4, -0.2) is 55.3 Å². The van der Waals surface area contributed by atoms with Gasteiger partial charge in [-0.1, -0.05) is 11.6 Å². The lowest BCUT2D eigenvalue weighted by molar-refractivity contribution is -0.155. The van der Waals surface area contributed by atoms with Gasteiger partial charge in [-0.2, -0.15) is 8.78 Å². The van der Waals surface area contributed by atoms with E-state index in [9.17, 15) is 23.5 Å². The predicted molar refractivity (Wildman–Crippen MR) is 85.2 cm³/mol. The van der Waals surface area contributed by atoms with Gasteiger partial charge in [0.25, 0.3) is 5.91 Å². The number of amides is 1. The van der Waals surface area contributed by atoms with Crippen LogP contribution in [0.5, 0.6) is 5.75 Å². The van der Waals surface area contributed by atoms with E-state index in [0.717, 1.165) is 0 Å². The number of carbonyl (C=O) groups is 2. The van der Waals surface area contributed by atoms with Crippen molar-refractivity contribution < 1.29 is 33.0 Å². The van der Waals surface area contributed by atoms with Gasteiger partial charge in [0.1, 0.15) is 11.2 Å². The SMILES string of the molecule is COCC1(C(=O)O)CCCN(C(=O)c2cc(Cl)ccc2OC(F)F)C1. The molecule has 1 amide bonds. The average molecular weight is 378 g/mol. The Morgan fingerprint density at radius 3 is 2.76 bits per heavy atom. The molecule has 0 saturated carbocycles. The molecule has 1 atom stereocenters. The summed E-state index contributed by atoms with van der Waals surface area (Å²) in [4.78, 5) is 25.8. The van der Waals surface area contributed by atoms with Crippen LogP contribution < -0.4 is 4.74 Å². The summed E-state index contributed by atoms with van der Waals surface area (Å²) in [5, 5.41) is 9.73. The van der Waals surface area contributed by atoms with E-state index >= 15 is 0 Å². The van der Waals surface area contributed by atoms with Crippen molar-refractivity contribution in [2.75, 3.05) is 26.8 Å². The largest absolute Gasteiger partial charge is 0.481 e. The highest BCUT2D eigenvalue weighted by atomic mass is 35.5. The fourth-order valence-electron chi connectivity index (χ4n) is 2.97. The number of halogens is 3. The first-order valence-electron chi connectivity index (χ1n) is 7.55. The molecule has 0 radical (unpaired) electrons. The fraction of sp³-hybridized carbons (Fsp3) is 0.500. The zero-order chi connectivity index (χ0) is 18.6. The monoisotopic (exact) mass is 377 g/mol. The maximum absolute atomic E-state index is 12.8. The zero-order valence-electron chi connectivity index (χ0n) is 13.5. The quantitative estimate of drug-likeness (QED) is 0.825. The van der Waals surface area contributed by atoms with Crippen LogP contribution in [0.1, 0.15) is 23.2 Å². The number of methoxy groups -OCH3 is 1. The van der Waals surface area contributed by atoms with Crippen LogP contribution in [-0.2, 0) is 9.53 Å². The van der Waals surface area contributed by atoms with E-state index in [0.29, 0.717) is 19.4 Å². The second kappa shape index (κ2) is 7.97. The lowest BCUT2D eigenvalue weighted by atomic mass is 9.80. The Labute approximate surface area is 148 Å². The topological polar surface area (TPSA) is 76.1 Å². The molecule has 9 heteroatoms. The highest BCUT2D eigenvalue weighted by molar-refractivity contribution is 6.31. The highest BCUT2D eigenvalue weighted by Gasteiger charge is 2.44. The van der Waals surface area contributed by atoms with Crippen LogP contribution in [0.3, 0.4) is 0 Å². The molecular weight excluding hydrogens is 360 g/mol. The predicted octanol–water partition coefficient (Wildman–Crippen LogP) is 2.89. The van der Waals surface area contributed by atoms with Gasteiger partial charge < -0.3 is 19.5 Å². The Balaban J connectivity index is 2.31. The van der Waals surface area contributed by atoms with Gasteiger partial charge in [-0.15, -0.1) is 0 Å². The van der Waals surface area contributed by atoms with Crippen molar-refractivity contribution in [2.45, 2.75) is 19.5 Å². The number of rotatable bonds is 6. The molecule has 1 unspecified atom stereocenters. The summed E-state index contributed by atoms with van der Waals surface area (Å²) in [6.07, 6.45) is 0.808. The Kier molecular flexibility index (Phi) is 6.18. The molecule has 6 nitrogen and oxygen atoms in total. The fourth-order valence-corrected chi connectivity index (χ4v) is 3.15. The van der Waals surface area contributed by atoms with Crippen LogP contribution in [0, 0.1) is 5.41 Å². The first-order chi connectivity index (χ1) is 11.8. The lowest BCUT2D eigenvalue weighted by Crippen LogP contribution is -2.52. The number of carboxylic acids is 1. The summed E-state index contributed by atoms with van der Waals surface area (Å²) in [5.41, 5.74) is -1.36. The van der Waals surface area contributed by atoms with Crippen molar-refractivity contribution in [1.82, 2.24) is 4.90 Å². The molecule has 25 heavy (non-hydrogen) atoms. The van der Waals surface area contributed by atoms with E-state index < -0.39 is 23.9 Å². The molecule has 1 aliphatic rings. The van der Waals surface area contributed by atoms with E-state index in [1.54, 1.807) is 0 Å². The van der Waals surface area contributed by atoms with Crippen molar-refractivity contribution >= 4 is 23.5 Å². The summed E-state index contributed by atoms with van der Waals surface area (Å²) in [5.74, 6) is -1.98. The summed E-state index contributed by atoms with van der Waals surface area (Å²) in [7, 11) is 1.39. The number of piperidine rings is 1. The lowest BCUT2D eigenvalue weighted by Gasteiger charge is -2.39. The average Bonchev–Trinajstić information content (AvgIpc) is 2.56. The third-order valence-corrected chi connectivity index (χ3v) is 4.36. The van der Waals surface area contributed by atoms with Crippen molar-refractivity contribution in [3.63, 3.8) is 0 Å². The van der Waals surface area contributed by atoms with Gasteiger partial charge in [-0.05, 0) is 31.0 Å². The summed E-state index contributed by atoms with van der Waals surface area (Å²) in [6, 6.07) is 3.75. The van der Waals surface area contributed by atoms with E-state index in [1.165, 1.54) is 30.2 Å². The Morgan fingerprint density at radius 2 is 2.16 bits per heavy atom. The second-order valence-electron chi connectivity index (χ2n) is 5.87. The first-order valence-corrected chi connectivity index (χ1v) is 7.93. The minimum atomic E-state index is -3.10. The van der Waals surface area contributed by atoms with Crippen molar-refractivity contribution in [3.8, 4) is 5.75 Å². The summed E-state index contributed by atoms with van der Waals surface area (Å²) >= 11 is 5.86. The minimum absolute atomic E-state index is 0.0535. The third kappa shape index (κ3) is 4.38. The van der Waals surface area contributed by atoms with Crippen LogP contribution in [0.15, 0.2) is 18.2 Å². The van der Waals surface area contributed by atoms with Gasteiger partial charge in [0.2, 0.25) is 0 Å². The summed E-state index contributed by atoms with van der Waals surface area (Å²) < 4.78 is 34.5. The van der Waals surface area contributed by atoms with Gasteiger partial charge >= 0.3 is 12.6 Å². The minimum Gasteiger partial charge on any atom is -0.481 e. The van der Waals surface area contributed by atoms with E-state index in [2.05, 4.69) is 4.74 Å². The van der Waals surface area contributed by atoms with E-state index in [4.69, 9.17) is 16.3 Å². The first kappa shape index (κ1) is 19.4. The van der Waals surface area contributed by atoms with Gasteiger partial charge in [0, 0.05) is 25.2 Å². The second-order valence-corrected chi connectivity index (χ2v) is 6.30. The van der Waals surface area contributed by atoms with Gasteiger partial charge in [-0.25, -0.2) is 0 Å². The maximum atomic E-state index is 12.8. The van der Waals surface area contributed by atoms with E-state index in [1.807, 2.05) is 0 Å². The number of ether oxygens (including phenoxy) is 2. The number of benzene rings is 1. The third-order valence-electron chi connectivity index (χ3n) is 4.13. The number of hydrogen-bond donors (Lipinski definition) is 1. The van der Waals surface area contributed by atoms with Crippen LogP contribution in [0.25, 0.3) is 0 Å². The molecule has 1 aliphatic heterocycles.